The third-order valence-electron chi connectivity index (χ3n) is 14.3. The number of carbonyl (C=O) groups excluding carboxylic acids is 1. The lowest BCUT2D eigenvalue weighted by atomic mass is 9.99. The van der Waals surface area contributed by atoms with Gasteiger partial charge in [-0.15, -0.1) is 0 Å². The van der Waals surface area contributed by atoms with Crippen LogP contribution in [0.1, 0.15) is 239 Å². The van der Waals surface area contributed by atoms with E-state index in [1.165, 1.54) is 103 Å². The maximum atomic E-state index is 13.1. The summed E-state index contributed by atoms with van der Waals surface area (Å²) in [6.45, 7) is 3.62. The van der Waals surface area contributed by atoms with Crippen molar-refractivity contribution in [3.63, 3.8) is 0 Å². The molecule has 1 fully saturated rings. The first-order valence-corrected chi connectivity index (χ1v) is 32.7. The van der Waals surface area contributed by atoms with Crippen molar-refractivity contribution in [1.82, 2.24) is 5.32 Å². The fraction of sp³-hybridized carbons (Fsp3) is 0.630. The van der Waals surface area contributed by atoms with Gasteiger partial charge in [-0.05, 0) is 122 Å². The fourth-order valence-electron chi connectivity index (χ4n) is 9.22. The minimum atomic E-state index is -1.59. The van der Waals surface area contributed by atoms with E-state index < -0.39 is 49.5 Å². The Morgan fingerprint density at radius 1 is 0.427 bits per heavy atom. The zero-order valence-electron chi connectivity index (χ0n) is 51.7. The summed E-state index contributed by atoms with van der Waals surface area (Å²) in [6.07, 6.45) is 87.6. The van der Waals surface area contributed by atoms with Gasteiger partial charge in [0.2, 0.25) is 5.91 Å². The van der Waals surface area contributed by atoms with Crippen LogP contribution >= 0.6 is 0 Å². The fourth-order valence-corrected chi connectivity index (χ4v) is 9.22. The standard InChI is InChI=1S/C73H119NO8/c1-3-5-7-9-11-13-15-17-19-21-23-25-27-29-31-32-33-34-35-36-37-39-41-43-45-47-49-51-53-55-57-59-61-63-69(77)74-66(65-81-73-72(80)71(79)70(78)68(64-75)82-73)67(76)62-60-58-56-54-52-50-48-46-44-42-40-38-30-28-26-24-22-20-18-16-14-12-10-8-6-4-2/h5,7,11,13,17,19,23,25,29,31,33-34,36-37,41,43-44,46-47,49,52-55,60,62,66-68,70-73,75-76,78-80H,3-4,6,8-10,12,14-16,18,20-22,24,26-28,30,32,35,38-40,42,45,48,50-51,56-59,61,63-65H2,1-2H3,(H,74,77)/b7-5-,13-11-,19-17-,25-23-,31-29-,34-33-,37-36-,43-41-,46-44+,49-47-,54-52+,55-53-,62-60+. The van der Waals surface area contributed by atoms with Crippen molar-refractivity contribution >= 4 is 5.91 Å². The Hall–Kier alpha value is -4.19. The molecule has 0 spiro atoms. The van der Waals surface area contributed by atoms with Gasteiger partial charge in [-0.3, -0.25) is 4.79 Å². The Bertz CT molecular complexity index is 1850. The Morgan fingerprint density at radius 2 is 0.768 bits per heavy atom. The molecule has 0 aliphatic carbocycles. The van der Waals surface area contributed by atoms with Gasteiger partial charge in [0, 0.05) is 6.42 Å². The van der Waals surface area contributed by atoms with Crippen molar-refractivity contribution in [2.45, 2.75) is 281 Å². The van der Waals surface area contributed by atoms with Gasteiger partial charge in [0.1, 0.15) is 24.4 Å². The number of amides is 1. The van der Waals surface area contributed by atoms with E-state index in [2.05, 4.69) is 165 Å². The lowest BCUT2D eigenvalue weighted by Crippen LogP contribution is -2.60. The average molecular weight is 1140 g/mol. The van der Waals surface area contributed by atoms with Gasteiger partial charge < -0.3 is 40.3 Å². The summed E-state index contributed by atoms with van der Waals surface area (Å²) < 4.78 is 11.3. The molecule has 82 heavy (non-hydrogen) atoms. The highest BCUT2D eigenvalue weighted by Crippen LogP contribution is 2.23. The summed E-state index contributed by atoms with van der Waals surface area (Å²) in [5.41, 5.74) is 0. The highest BCUT2D eigenvalue weighted by Gasteiger charge is 2.44. The number of rotatable bonds is 54. The first-order chi connectivity index (χ1) is 40.3. The molecule has 1 rings (SSSR count). The maximum absolute atomic E-state index is 13.1. The largest absolute Gasteiger partial charge is 0.394 e. The molecule has 7 unspecified atom stereocenters. The summed E-state index contributed by atoms with van der Waals surface area (Å²) in [5.74, 6) is -0.239. The van der Waals surface area contributed by atoms with Crippen LogP contribution in [0.5, 0.6) is 0 Å². The van der Waals surface area contributed by atoms with Gasteiger partial charge in [0.25, 0.3) is 0 Å². The molecule has 0 bridgehead atoms. The van der Waals surface area contributed by atoms with Gasteiger partial charge in [-0.2, -0.15) is 0 Å². The van der Waals surface area contributed by atoms with E-state index >= 15 is 0 Å². The number of hydrogen-bond acceptors (Lipinski definition) is 8. The van der Waals surface area contributed by atoms with E-state index in [-0.39, 0.29) is 18.9 Å². The number of carbonyl (C=O) groups is 1. The highest BCUT2D eigenvalue weighted by molar-refractivity contribution is 5.76. The Balaban J connectivity index is 2.28. The molecule has 6 N–H and O–H groups in total. The van der Waals surface area contributed by atoms with Crippen molar-refractivity contribution in [3.8, 4) is 0 Å². The monoisotopic (exact) mass is 1140 g/mol. The second-order valence-corrected chi connectivity index (χ2v) is 21.8. The van der Waals surface area contributed by atoms with Crippen LogP contribution in [0, 0.1) is 0 Å². The molecule has 0 radical (unpaired) electrons. The van der Waals surface area contributed by atoms with Gasteiger partial charge in [-0.1, -0.05) is 268 Å². The number of hydrogen-bond donors (Lipinski definition) is 6. The Kier molecular flexibility index (Phi) is 55.4. The summed E-state index contributed by atoms with van der Waals surface area (Å²) >= 11 is 0. The van der Waals surface area contributed by atoms with Crippen LogP contribution in [-0.4, -0.2) is 87.5 Å². The number of aliphatic hydroxyl groups is 5. The molecular weight excluding hydrogens is 1020 g/mol. The molecule has 9 nitrogen and oxygen atoms in total. The minimum absolute atomic E-state index is 0.234. The van der Waals surface area contributed by atoms with E-state index in [1.807, 2.05) is 6.08 Å². The lowest BCUT2D eigenvalue weighted by molar-refractivity contribution is -0.302. The van der Waals surface area contributed by atoms with Crippen molar-refractivity contribution in [3.05, 3.63) is 158 Å². The first-order valence-electron chi connectivity index (χ1n) is 32.7. The highest BCUT2D eigenvalue weighted by atomic mass is 16.7. The van der Waals surface area contributed by atoms with Crippen molar-refractivity contribution in [1.29, 1.82) is 0 Å². The molecule has 0 aromatic carbocycles. The van der Waals surface area contributed by atoms with Crippen LogP contribution in [0.3, 0.4) is 0 Å². The summed E-state index contributed by atoms with van der Waals surface area (Å²) in [6, 6.07) is -0.866. The molecule has 1 amide bonds. The second kappa shape index (κ2) is 60.0. The van der Waals surface area contributed by atoms with Crippen LogP contribution in [0.15, 0.2) is 158 Å². The van der Waals surface area contributed by atoms with Crippen LogP contribution in [-0.2, 0) is 14.3 Å². The maximum Gasteiger partial charge on any atom is 0.220 e. The smallest absolute Gasteiger partial charge is 0.220 e. The summed E-state index contributed by atoms with van der Waals surface area (Å²) in [5, 5.41) is 54.6. The van der Waals surface area contributed by atoms with E-state index in [0.717, 1.165) is 103 Å². The Labute approximate surface area is 501 Å². The van der Waals surface area contributed by atoms with Crippen molar-refractivity contribution < 1.29 is 39.8 Å². The number of aliphatic hydroxyl groups excluding tert-OH is 5. The molecular formula is C73H119NO8. The van der Waals surface area contributed by atoms with E-state index in [0.29, 0.717) is 12.8 Å². The number of nitrogens with one attached hydrogen (secondary N) is 1. The number of unbranched alkanes of at least 4 members (excludes halogenated alkanes) is 20. The van der Waals surface area contributed by atoms with E-state index in [4.69, 9.17) is 9.47 Å². The molecule has 464 valence electrons. The zero-order chi connectivity index (χ0) is 59.3. The van der Waals surface area contributed by atoms with Gasteiger partial charge >= 0.3 is 0 Å². The second-order valence-electron chi connectivity index (χ2n) is 21.8. The molecule has 1 saturated heterocycles. The SMILES string of the molecule is CC/C=C\C/C=C\C/C=C\C/C=C\C/C=C\C/C=C\C/C=C\C/C=C\C/C=C\C/C=C\CCCCC(=O)NC(COC1OC(CO)C(O)C(O)C1O)C(O)/C=C/CC/C=C/CC/C=C/CCCCCCCCCCCCCCCCCC. The molecule has 1 heterocycles. The van der Waals surface area contributed by atoms with E-state index in [1.54, 1.807) is 6.08 Å². The van der Waals surface area contributed by atoms with Gasteiger partial charge in [0.05, 0.1) is 25.4 Å². The molecule has 0 saturated carbocycles. The van der Waals surface area contributed by atoms with Gasteiger partial charge in [0.15, 0.2) is 6.29 Å². The Morgan fingerprint density at radius 3 is 1.17 bits per heavy atom. The van der Waals surface area contributed by atoms with Crippen molar-refractivity contribution in [2.24, 2.45) is 0 Å². The topological polar surface area (TPSA) is 149 Å². The molecule has 7 atom stereocenters. The molecule has 0 aromatic rings. The average Bonchev–Trinajstić information content (AvgIpc) is 3.57. The molecule has 1 aliphatic heterocycles. The molecule has 0 aromatic heterocycles. The molecule has 1 aliphatic rings. The van der Waals surface area contributed by atoms with Crippen molar-refractivity contribution in [2.75, 3.05) is 13.2 Å². The molecule has 9 heteroatoms. The van der Waals surface area contributed by atoms with Crippen LogP contribution < -0.4 is 5.32 Å². The quantitative estimate of drug-likeness (QED) is 0.0261. The predicted molar refractivity (Wildman–Crippen MR) is 349 cm³/mol. The van der Waals surface area contributed by atoms with Gasteiger partial charge in [-0.25, -0.2) is 0 Å². The van der Waals surface area contributed by atoms with E-state index in [9.17, 15) is 30.3 Å². The third kappa shape index (κ3) is 48.2. The predicted octanol–water partition coefficient (Wildman–Crippen LogP) is 17.6. The van der Waals surface area contributed by atoms with Crippen LogP contribution in [0.2, 0.25) is 0 Å². The summed E-state index contributed by atoms with van der Waals surface area (Å²) in [4.78, 5) is 13.1. The number of allylic oxidation sites excluding steroid dienone is 25. The zero-order valence-corrected chi connectivity index (χ0v) is 51.7. The first kappa shape index (κ1) is 75.8. The third-order valence-corrected chi connectivity index (χ3v) is 14.3. The summed E-state index contributed by atoms with van der Waals surface area (Å²) in [7, 11) is 0. The minimum Gasteiger partial charge on any atom is -0.394 e. The normalized spacial score (nSPS) is 19.4. The van der Waals surface area contributed by atoms with Crippen LogP contribution in [0.25, 0.3) is 0 Å². The van der Waals surface area contributed by atoms with Crippen LogP contribution in [0.4, 0.5) is 0 Å². The lowest BCUT2D eigenvalue weighted by Gasteiger charge is -2.40. The number of ether oxygens (including phenoxy) is 2.